The molecule has 0 heterocycles. The molecule has 152 valence electrons. The van der Waals surface area contributed by atoms with Crippen LogP contribution >= 0.6 is 11.8 Å². The fourth-order valence-electron chi connectivity index (χ4n) is 3.43. The molecule has 1 fully saturated rings. The van der Waals surface area contributed by atoms with Crippen LogP contribution in [0.5, 0.6) is 0 Å². The molecule has 1 N–H and O–H groups in total. The van der Waals surface area contributed by atoms with Gasteiger partial charge in [0, 0.05) is 29.2 Å². The molecule has 0 aromatic heterocycles. The first kappa shape index (κ1) is 20.8. The van der Waals surface area contributed by atoms with Crippen molar-refractivity contribution >= 4 is 29.0 Å². The van der Waals surface area contributed by atoms with E-state index in [0.29, 0.717) is 0 Å². The van der Waals surface area contributed by atoms with Gasteiger partial charge in [-0.2, -0.15) is 11.8 Å². The maximum absolute atomic E-state index is 12.7. The van der Waals surface area contributed by atoms with Gasteiger partial charge < -0.3 is 5.32 Å². The van der Waals surface area contributed by atoms with Crippen molar-refractivity contribution in [2.75, 3.05) is 0 Å². The van der Waals surface area contributed by atoms with Crippen LogP contribution < -0.4 is 5.32 Å². The van der Waals surface area contributed by atoms with Crippen LogP contribution in [0.4, 0.5) is 11.4 Å². The normalized spacial score (nSPS) is 18.8. The predicted octanol–water partition coefficient (Wildman–Crippen LogP) is 4.48. The van der Waals surface area contributed by atoms with E-state index in [1.165, 1.54) is 5.56 Å². The summed E-state index contributed by atoms with van der Waals surface area (Å²) in [7, 11) is 0. The summed E-state index contributed by atoms with van der Waals surface area (Å²) in [4.78, 5) is 33.4. The molecular weight excluding hydrogens is 394 g/mol. The lowest BCUT2D eigenvalue weighted by Gasteiger charge is -2.32. The minimum absolute atomic E-state index is 0.0664. The van der Waals surface area contributed by atoms with Gasteiger partial charge in [0.15, 0.2) is 0 Å². The Labute approximate surface area is 172 Å². The molecule has 3 rings (SSSR count). The lowest BCUT2D eigenvalue weighted by atomic mass is 9.94. The Bertz CT molecular complexity index is 874. The van der Waals surface area contributed by atoms with Gasteiger partial charge in [-0.3, -0.25) is 25.0 Å². The van der Waals surface area contributed by atoms with E-state index in [1.54, 1.807) is 11.8 Å². The molecule has 8 nitrogen and oxygen atoms in total. The highest BCUT2D eigenvalue weighted by atomic mass is 32.2. The van der Waals surface area contributed by atoms with Crippen molar-refractivity contribution in [3.05, 3.63) is 79.9 Å². The Balaban J connectivity index is 1.72. The zero-order valence-corrected chi connectivity index (χ0v) is 16.5. The van der Waals surface area contributed by atoms with Gasteiger partial charge in [0.2, 0.25) is 0 Å². The number of benzene rings is 2. The number of rotatable bonds is 7. The first-order chi connectivity index (χ1) is 13.9. The van der Waals surface area contributed by atoms with Crippen LogP contribution in [0.15, 0.2) is 48.5 Å². The van der Waals surface area contributed by atoms with Gasteiger partial charge in [0.05, 0.1) is 21.5 Å². The van der Waals surface area contributed by atoms with Crippen molar-refractivity contribution in [3.8, 4) is 0 Å². The van der Waals surface area contributed by atoms with Gasteiger partial charge in [0.1, 0.15) is 0 Å². The quantitative estimate of drug-likeness (QED) is 0.527. The first-order valence-corrected chi connectivity index (χ1v) is 10.4. The Hall–Kier alpha value is -2.94. The van der Waals surface area contributed by atoms with Crippen molar-refractivity contribution < 1.29 is 14.6 Å². The van der Waals surface area contributed by atoms with Crippen molar-refractivity contribution in [1.29, 1.82) is 0 Å². The number of carbonyl (C=O) groups excluding carboxylic acids is 1. The van der Waals surface area contributed by atoms with Crippen molar-refractivity contribution in [2.45, 2.75) is 42.7 Å². The summed E-state index contributed by atoms with van der Waals surface area (Å²) in [5.74, 6) is 0.314. The topological polar surface area (TPSA) is 115 Å². The Kier molecular flexibility index (Phi) is 6.82. The molecule has 1 amide bonds. The molecule has 1 aliphatic carbocycles. The molecule has 0 spiro atoms. The lowest BCUT2D eigenvalue weighted by Crippen LogP contribution is -2.43. The number of non-ortho nitro benzene ring substituents is 2. The average Bonchev–Trinajstić information content (AvgIpc) is 2.73. The summed E-state index contributed by atoms with van der Waals surface area (Å²) in [6.45, 7) is 0. The predicted molar refractivity (Wildman–Crippen MR) is 111 cm³/mol. The molecule has 1 saturated carbocycles. The second kappa shape index (κ2) is 9.51. The highest BCUT2D eigenvalue weighted by Gasteiger charge is 2.28. The molecule has 1 aliphatic rings. The maximum atomic E-state index is 12.7. The summed E-state index contributed by atoms with van der Waals surface area (Å²) in [5.41, 5.74) is 0.205. The van der Waals surface area contributed by atoms with E-state index >= 15 is 0 Å². The van der Waals surface area contributed by atoms with Gasteiger partial charge in [-0.15, -0.1) is 0 Å². The summed E-state index contributed by atoms with van der Waals surface area (Å²) >= 11 is 1.78. The Morgan fingerprint density at radius 2 is 1.62 bits per heavy atom. The van der Waals surface area contributed by atoms with Crippen LogP contribution in [0, 0.1) is 20.2 Å². The summed E-state index contributed by atoms with van der Waals surface area (Å²) in [6, 6.07) is 13.0. The SMILES string of the molecule is O=C(N[C@@H]1CCCC[C@H]1SCc1ccccc1)c1cc([N+](=O)[O-])cc([N+](=O)[O-])c1. The second-order valence-electron chi connectivity index (χ2n) is 6.95. The van der Waals surface area contributed by atoms with Gasteiger partial charge in [-0.1, -0.05) is 43.2 Å². The fourth-order valence-corrected chi connectivity index (χ4v) is 4.80. The third-order valence-electron chi connectivity index (χ3n) is 4.91. The molecule has 0 bridgehead atoms. The number of nitro groups is 2. The number of nitrogens with one attached hydrogen (secondary N) is 1. The number of hydrogen-bond acceptors (Lipinski definition) is 6. The smallest absolute Gasteiger partial charge is 0.277 e. The van der Waals surface area contributed by atoms with Crippen molar-refractivity contribution in [1.82, 2.24) is 5.32 Å². The van der Waals surface area contributed by atoms with Crippen LogP contribution in [0.2, 0.25) is 0 Å². The second-order valence-corrected chi connectivity index (χ2v) is 8.18. The number of nitrogens with zero attached hydrogens (tertiary/aromatic N) is 2. The molecule has 0 saturated heterocycles. The zero-order valence-electron chi connectivity index (χ0n) is 15.7. The Morgan fingerprint density at radius 3 is 2.24 bits per heavy atom. The van der Waals surface area contributed by atoms with E-state index in [0.717, 1.165) is 49.6 Å². The number of hydrogen-bond donors (Lipinski definition) is 1. The van der Waals surface area contributed by atoms with E-state index in [9.17, 15) is 25.0 Å². The number of nitro benzene ring substituents is 2. The molecule has 0 aliphatic heterocycles. The van der Waals surface area contributed by atoms with Crippen LogP contribution in [0.1, 0.15) is 41.6 Å². The number of amides is 1. The summed E-state index contributed by atoms with van der Waals surface area (Å²) in [6.07, 6.45) is 3.86. The molecule has 2 aromatic rings. The third-order valence-corrected chi connectivity index (χ3v) is 6.40. The molecule has 0 radical (unpaired) electrons. The van der Waals surface area contributed by atoms with Crippen LogP contribution in [-0.2, 0) is 5.75 Å². The molecule has 2 atom stereocenters. The van der Waals surface area contributed by atoms with Crippen molar-refractivity contribution in [2.24, 2.45) is 0 Å². The van der Waals surface area contributed by atoms with Crippen LogP contribution in [0.3, 0.4) is 0 Å². The molecule has 0 unspecified atom stereocenters. The minimum Gasteiger partial charge on any atom is -0.348 e. The lowest BCUT2D eigenvalue weighted by molar-refractivity contribution is -0.394. The van der Waals surface area contributed by atoms with Crippen LogP contribution in [0.25, 0.3) is 0 Å². The van der Waals surface area contributed by atoms with Gasteiger partial charge in [-0.05, 0) is 18.4 Å². The average molecular weight is 415 g/mol. The monoisotopic (exact) mass is 415 g/mol. The van der Waals surface area contributed by atoms with E-state index in [1.807, 2.05) is 18.2 Å². The Morgan fingerprint density at radius 1 is 1.00 bits per heavy atom. The van der Waals surface area contributed by atoms with Crippen molar-refractivity contribution in [3.63, 3.8) is 0 Å². The highest BCUT2D eigenvalue weighted by Crippen LogP contribution is 2.31. The zero-order chi connectivity index (χ0) is 20.8. The minimum atomic E-state index is -0.733. The third kappa shape index (κ3) is 5.54. The molecule has 2 aromatic carbocycles. The summed E-state index contributed by atoms with van der Waals surface area (Å²) < 4.78 is 0. The first-order valence-electron chi connectivity index (χ1n) is 9.34. The number of carbonyl (C=O) groups is 1. The maximum Gasteiger partial charge on any atom is 0.277 e. The largest absolute Gasteiger partial charge is 0.348 e. The fraction of sp³-hybridized carbons (Fsp3) is 0.350. The number of thioether (sulfide) groups is 1. The van der Waals surface area contributed by atoms with Crippen LogP contribution in [-0.4, -0.2) is 27.0 Å². The van der Waals surface area contributed by atoms with E-state index in [2.05, 4.69) is 17.4 Å². The van der Waals surface area contributed by atoms with Gasteiger partial charge >= 0.3 is 0 Å². The van der Waals surface area contributed by atoms with E-state index < -0.39 is 27.1 Å². The van der Waals surface area contributed by atoms with Gasteiger partial charge in [0.25, 0.3) is 17.3 Å². The summed E-state index contributed by atoms with van der Waals surface area (Å²) in [5, 5.41) is 25.3. The molecular formula is C20H21N3O5S. The highest BCUT2D eigenvalue weighted by molar-refractivity contribution is 7.99. The standard InChI is InChI=1S/C20H21N3O5S/c24-20(15-10-16(22(25)26)12-17(11-15)23(27)28)21-18-8-4-5-9-19(18)29-13-14-6-2-1-3-7-14/h1-3,6-7,10-12,18-19H,4-5,8-9,13H2,(H,21,24)/t18-,19-/m1/s1. The molecule has 29 heavy (non-hydrogen) atoms. The van der Waals surface area contributed by atoms with E-state index in [-0.39, 0.29) is 16.9 Å². The molecule has 9 heteroatoms. The van der Waals surface area contributed by atoms with E-state index in [4.69, 9.17) is 0 Å². The van der Waals surface area contributed by atoms with Gasteiger partial charge in [-0.25, -0.2) is 0 Å².